The number of rotatable bonds is 3. The Hall–Kier alpha value is -8.59. The maximum atomic E-state index is 14.0. The van der Waals surface area contributed by atoms with Crippen molar-refractivity contribution in [2.75, 3.05) is 0 Å². The molecule has 53 heavy (non-hydrogen) atoms. The number of allylic oxidation sites excluding steroid dienone is 8. The van der Waals surface area contributed by atoms with E-state index in [0.29, 0.717) is 6.07 Å². The summed E-state index contributed by atoms with van der Waals surface area (Å²) in [6.07, 6.45) is -10.3. The fourth-order valence-corrected chi connectivity index (χ4v) is 6.08. The maximum absolute atomic E-state index is 14.0. The number of benzene rings is 3. The van der Waals surface area contributed by atoms with Gasteiger partial charge >= 0.3 is 12.5 Å². The second-order valence-electron chi connectivity index (χ2n) is 10.6. The Kier molecular flexibility index (Phi) is 8.78. The van der Waals surface area contributed by atoms with E-state index in [4.69, 9.17) is 0 Å². The second-order valence-corrected chi connectivity index (χ2v) is 10.6. The second kappa shape index (κ2) is 13.0. The molecule has 0 unspecified atom stereocenters. The van der Waals surface area contributed by atoms with Gasteiger partial charge in [0.25, 0.3) is 0 Å². The molecular weight excluding hydrogens is 700 g/mol. The quantitative estimate of drug-likeness (QED) is 0.190. The maximum Gasteiger partial charge on any atom is 0.573 e. The van der Waals surface area contributed by atoms with Crippen LogP contribution in [0.3, 0.4) is 0 Å². The lowest BCUT2D eigenvalue weighted by Crippen LogP contribution is -2.17. The summed E-state index contributed by atoms with van der Waals surface area (Å²) in [5.41, 5.74) is -9.10. The number of alkyl halides is 6. The molecule has 0 heterocycles. The summed E-state index contributed by atoms with van der Waals surface area (Å²) in [4.78, 5) is 0. The molecule has 0 amide bonds. The Balaban J connectivity index is 1.97. The summed E-state index contributed by atoms with van der Waals surface area (Å²) < 4.78 is 85.1. The van der Waals surface area contributed by atoms with Gasteiger partial charge in [-0.25, -0.2) is 0 Å². The van der Waals surface area contributed by atoms with E-state index in [2.05, 4.69) is 4.74 Å². The molecule has 0 aliphatic heterocycles. The molecule has 0 bridgehead atoms. The van der Waals surface area contributed by atoms with Gasteiger partial charge in [0.05, 0.1) is 39.5 Å². The average molecular weight is 708 g/mol. The first-order valence-corrected chi connectivity index (χ1v) is 14.1. The van der Waals surface area contributed by atoms with Crippen LogP contribution in [0.25, 0.3) is 33.4 Å². The predicted molar refractivity (Wildman–Crippen MR) is 166 cm³/mol. The largest absolute Gasteiger partial charge is 0.573 e. The summed E-state index contributed by atoms with van der Waals surface area (Å²) in [6.45, 7) is 0. The first kappa shape index (κ1) is 35.7. The van der Waals surface area contributed by atoms with E-state index >= 15 is 0 Å². The van der Waals surface area contributed by atoms with Gasteiger partial charge in [-0.1, -0.05) is 12.1 Å². The van der Waals surface area contributed by atoms with E-state index in [1.807, 2.05) is 18.2 Å². The van der Waals surface area contributed by atoms with E-state index in [-0.39, 0.29) is 39.0 Å². The van der Waals surface area contributed by atoms with Gasteiger partial charge in [0.15, 0.2) is 0 Å². The fourth-order valence-electron chi connectivity index (χ4n) is 6.08. The van der Waals surface area contributed by atoms with Crippen molar-refractivity contribution in [3.63, 3.8) is 0 Å². The average Bonchev–Trinajstić information content (AvgIpc) is 3.63. The van der Waals surface area contributed by atoms with Crippen molar-refractivity contribution < 1.29 is 31.1 Å². The number of hydrogen-bond acceptors (Lipinski definition) is 10. The SMILES string of the molecule is N#CC(C#N)=C1C(c2ccc(OC(F)(F)F)c(C#N)c2)=C(C#N)c2c1cc1c(c2C#N)C(=C(C#N)C#N)C(c2ccc(C#N)c(C(F)(F)F)c2)=C1C#N. The van der Waals surface area contributed by atoms with Crippen LogP contribution < -0.4 is 4.74 Å². The minimum atomic E-state index is -5.20. The summed E-state index contributed by atoms with van der Waals surface area (Å²) in [7, 11) is 0. The van der Waals surface area contributed by atoms with Crippen molar-refractivity contribution >= 4 is 33.4 Å². The zero-order valence-electron chi connectivity index (χ0n) is 25.7. The molecule has 0 spiro atoms. The van der Waals surface area contributed by atoms with Gasteiger partial charge in [-0.2, -0.15) is 60.5 Å². The molecule has 0 aromatic heterocycles. The van der Waals surface area contributed by atoms with Gasteiger partial charge in [0.2, 0.25) is 0 Å². The van der Waals surface area contributed by atoms with Crippen LogP contribution in [-0.4, -0.2) is 6.36 Å². The van der Waals surface area contributed by atoms with Gasteiger partial charge in [-0.15, -0.1) is 13.2 Å². The van der Waals surface area contributed by atoms with E-state index < -0.39 is 79.5 Å². The first-order valence-electron chi connectivity index (χ1n) is 14.1. The van der Waals surface area contributed by atoms with E-state index in [1.165, 1.54) is 12.1 Å². The third-order valence-corrected chi connectivity index (χ3v) is 8.00. The molecule has 248 valence electrons. The highest BCUT2D eigenvalue weighted by atomic mass is 19.4. The molecule has 2 aliphatic carbocycles. The summed E-state index contributed by atoms with van der Waals surface area (Å²) in [5.74, 6) is -0.926. The number of nitrogens with zero attached hydrogens (tertiary/aromatic N) is 9. The molecular formula is C37H7F6N9O. The van der Waals surface area contributed by atoms with Crippen molar-refractivity contribution in [2.24, 2.45) is 0 Å². The number of nitriles is 9. The van der Waals surface area contributed by atoms with Crippen LogP contribution in [-0.2, 0) is 6.18 Å². The Labute approximate surface area is 293 Å². The molecule has 16 heteroatoms. The number of fused-ring (bicyclic) bond motifs is 2. The standard InChI is InChI=1S/C37H7F6N9O/c38-36(39,40)28-6-18(1-2-19(28)8-44)30-25(14-50)23-7-24-32(21(10-46)11-47)31(17-3-4-29(20(5-17)9-45)53-37(41,42)43)26(15-51)34(24)27(16-52)35(23)33(30)22(12-48)13-49/h1-7H. The lowest BCUT2D eigenvalue weighted by atomic mass is 9.85. The van der Waals surface area contributed by atoms with Gasteiger partial charge in [0.1, 0.15) is 65.4 Å². The Morgan fingerprint density at radius 1 is 0.528 bits per heavy atom. The molecule has 2 aliphatic rings. The van der Waals surface area contributed by atoms with Crippen LogP contribution in [0.15, 0.2) is 53.6 Å². The zero-order chi connectivity index (χ0) is 39.0. The molecule has 0 saturated heterocycles. The molecule has 0 N–H and O–H groups in total. The van der Waals surface area contributed by atoms with Gasteiger partial charge in [0, 0.05) is 39.0 Å². The lowest BCUT2D eigenvalue weighted by molar-refractivity contribution is -0.274. The Bertz CT molecular complexity index is 2740. The van der Waals surface area contributed by atoms with Crippen LogP contribution >= 0.6 is 0 Å². The van der Waals surface area contributed by atoms with E-state index in [9.17, 15) is 73.7 Å². The van der Waals surface area contributed by atoms with Gasteiger partial charge < -0.3 is 4.74 Å². The monoisotopic (exact) mass is 707 g/mol. The number of ether oxygens (including phenoxy) is 1. The van der Waals surface area contributed by atoms with Crippen molar-refractivity contribution in [1.29, 1.82) is 47.4 Å². The predicted octanol–water partition coefficient (Wildman–Crippen LogP) is 7.72. The van der Waals surface area contributed by atoms with Crippen molar-refractivity contribution in [3.05, 3.63) is 109 Å². The van der Waals surface area contributed by atoms with Crippen LogP contribution in [0, 0.1) is 102 Å². The summed E-state index contributed by atoms with van der Waals surface area (Å²) >= 11 is 0. The minimum Gasteiger partial charge on any atom is -0.404 e. The van der Waals surface area contributed by atoms with Crippen molar-refractivity contribution in [3.8, 4) is 60.4 Å². The van der Waals surface area contributed by atoms with Crippen molar-refractivity contribution in [2.45, 2.75) is 12.5 Å². The number of hydrogen-bond donors (Lipinski definition) is 0. The molecule has 0 radical (unpaired) electrons. The smallest absolute Gasteiger partial charge is 0.404 e. The highest BCUT2D eigenvalue weighted by Crippen LogP contribution is 2.56. The highest BCUT2D eigenvalue weighted by molar-refractivity contribution is 6.31. The van der Waals surface area contributed by atoms with Crippen molar-refractivity contribution in [1.82, 2.24) is 0 Å². The lowest BCUT2D eigenvalue weighted by Gasteiger charge is -2.15. The zero-order valence-corrected chi connectivity index (χ0v) is 25.7. The van der Waals surface area contributed by atoms with E-state index in [1.54, 1.807) is 24.3 Å². The molecule has 0 saturated carbocycles. The van der Waals surface area contributed by atoms with Gasteiger partial charge in [-0.3, -0.25) is 0 Å². The molecule has 3 aromatic rings. The van der Waals surface area contributed by atoms with Crippen LogP contribution in [0.4, 0.5) is 26.3 Å². The molecule has 10 nitrogen and oxygen atoms in total. The number of halogens is 6. The minimum absolute atomic E-state index is 0.189. The van der Waals surface area contributed by atoms with E-state index in [0.717, 1.165) is 36.4 Å². The molecule has 0 atom stereocenters. The molecule has 3 aromatic carbocycles. The van der Waals surface area contributed by atoms with Gasteiger partial charge in [-0.05, 0) is 47.0 Å². The third-order valence-electron chi connectivity index (χ3n) is 8.00. The van der Waals surface area contributed by atoms with Crippen LogP contribution in [0.2, 0.25) is 0 Å². The third kappa shape index (κ3) is 5.69. The highest BCUT2D eigenvalue weighted by Gasteiger charge is 2.42. The Morgan fingerprint density at radius 3 is 1.58 bits per heavy atom. The first-order chi connectivity index (χ1) is 25.2. The summed E-state index contributed by atoms with van der Waals surface area (Å²) in [5, 5.41) is 90.4. The Morgan fingerprint density at radius 2 is 1.08 bits per heavy atom. The molecule has 5 rings (SSSR count). The summed E-state index contributed by atoms with van der Waals surface area (Å²) in [6, 6.07) is 21.0. The van der Waals surface area contributed by atoms with Crippen LogP contribution in [0.5, 0.6) is 5.75 Å². The van der Waals surface area contributed by atoms with Crippen LogP contribution in [0.1, 0.15) is 55.6 Å². The molecule has 0 fully saturated rings. The topological polar surface area (TPSA) is 223 Å². The fraction of sp³-hybridized carbons (Fsp3) is 0.0541. The normalized spacial score (nSPS) is 12.7.